The van der Waals surface area contributed by atoms with E-state index in [2.05, 4.69) is 36.5 Å². The summed E-state index contributed by atoms with van der Waals surface area (Å²) in [5, 5.41) is 3.63. The molecule has 0 saturated carbocycles. The van der Waals surface area contributed by atoms with E-state index in [1.807, 2.05) is 0 Å². The molecule has 3 N–H and O–H groups in total. The summed E-state index contributed by atoms with van der Waals surface area (Å²) >= 11 is 0. The molecule has 3 rings (SSSR count). The Bertz CT molecular complexity index is 373. The zero-order chi connectivity index (χ0) is 10.4. The lowest BCUT2D eigenvalue weighted by Crippen LogP contribution is -2.38. The zero-order valence-electron chi connectivity index (χ0n) is 9.11. The highest BCUT2D eigenvalue weighted by atomic mass is 15.1. The van der Waals surface area contributed by atoms with Gasteiger partial charge in [-0.05, 0) is 30.9 Å². The van der Waals surface area contributed by atoms with E-state index in [0.29, 0.717) is 24.0 Å². The molecule has 1 aromatic carbocycles. The highest BCUT2D eigenvalue weighted by Crippen LogP contribution is 2.40. The maximum Gasteiger partial charge on any atom is 0.0279 e. The number of rotatable bonds is 1. The number of aryl methyl sites for hydroxylation is 1. The smallest absolute Gasteiger partial charge is 0.0279 e. The highest BCUT2D eigenvalue weighted by Gasteiger charge is 2.46. The quantitative estimate of drug-likeness (QED) is 0.725. The van der Waals surface area contributed by atoms with E-state index < -0.39 is 0 Å². The van der Waals surface area contributed by atoms with Gasteiger partial charge in [-0.1, -0.05) is 24.3 Å². The van der Waals surface area contributed by atoms with Crippen molar-refractivity contribution in [1.29, 1.82) is 0 Å². The van der Waals surface area contributed by atoms with Gasteiger partial charge in [-0.25, -0.2) is 0 Å². The van der Waals surface area contributed by atoms with Crippen LogP contribution in [0.3, 0.4) is 0 Å². The van der Waals surface area contributed by atoms with Crippen LogP contribution in [0.25, 0.3) is 0 Å². The van der Waals surface area contributed by atoms with Gasteiger partial charge in [0.15, 0.2) is 0 Å². The monoisotopic (exact) mass is 202 g/mol. The van der Waals surface area contributed by atoms with Crippen molar-refractivity contribution in [2.24, 2.45) is 5.73 Å². The van der Waals surface area contributed by atoms with E-state index in [4.69, 9.17) is 5.73 Å². The van der Waals surface area contributed by atoms with Crippen molar-refractivity contribution in [3.63, 3.8) is 0 Å². The second-order valence-electron chi connectivity index (χ2n) is 4.92. The van der Waals surface area contributed by atoms with Crippen LogP contribution >= 0.6 is 0 Å². The minimum absolute atomic E-state index is 0.310. The molecule has 0 amide bonds. The van der Waals surface area contributed by atoms with Crippen LogP contribution in [0.4, 0.5) is 0 Å². The minimum Gasteiger partial charge on any atom is -0.326 e. The van der Waals surface area contributed by atoms with Gasteiger partial charge >= 0.3 is 0 Å². The maximum atomic E-state index is 6.30. The molecule has 4 unspecified atom stereocenters. The average molecular weight is 202 g/mol. The van der Waals surface area contributed by atoms with Gasteiger partial charge in [0.05, 0.1) is 0 Å². The summed E-state index contributed by atoms with van der Waals surface area (Å²) in [6.45, 7) is 2.19. The van der Waals surface area contributed by atoms with Gasteiger partial charge in [0.1, 0.15) is 0 Å². The Morgan fingerprint density at radius 1 is 1.20 bits per heavy atom. The third-order valence-electron chi connectivity index (χ3n) is 4.08. The number of hydrogen-bond donors (Lipinski definition) is 2. The first kappa shape index (κ1) is 9.37. The normalized spacial score (nSPS) is 38.5. The molecule has 15 heavy (non-hydrogen) atoms. The van der Waals surface area contributed by atoms with Crippen LogP contribution in [-0.2, 0) is 0 Å². The third-order valence-corrected chi connectivity index (χ3v) is 4.08. The topological polar surface area (TPSA) is 38.0 Å². The van der Waals surface area contributed by atoms with Crippen LogP contribution < -0.4 is 11.1 Å². The van der Waals surface area contributed by atoms with E-state index in [1.54, 1.807) is 0 Å². The summed E-state index contributed by atoms with van der Waals surface area (Å²) in [5.41, 5.74) is 9.13. The van der Waals surface area contributed by atoms with Crippen molar-refractivity contribution in [2.75, 3.05) is 0 Å². The lowest BCUT2D eigenvalue weighted by molar-refractivity contribution is 0.443. The largest absolute Gasteiger partial charge is 0.326 e. The first-order chi connectivity index (χ1) is 7.27. The fourth-order valence-corrected chi connectivity index (χ4v) is 3.29. The van der Waals surface area contributed by atoms with Crippen molar-refractivity contribution in [3.8, 4) is 0 Å². The molecule has 2 fully saturated rings. The summed E-state index contributed by atoms with van der Waals surface area (Å²) in [5.74, 6) is 0.532. The molecule has 2 saturated heterocycles. The molecule has 0 aromatic heterocycles. The Morgan fingerprint density at radius 2 is 1.93 bits per heavy atom. The van der Waals surface area contributed by atoms with Crippen LogP contribution in [0.1, 0.15) is 29.9 Å². The van der Waals surface area contributed by atoms with E-state index in [0.717, 1.165) is 0 Å². The number of hydrogen-bond acceptors (Lipinski definition) is 2. The number of nitrogens with two attached hydrogens (primary N) is 1. The van der Waals surface area contributed by atoms with Crippen LogP contribution in [0.5, 0.6) is 0 Å². The van der Waals surface area contributed by atoms with Gasteiger partial charge in [0.2, 0.25) is 0 Å². The number of benzene rings is 1. The number of nitrogens with one attached hydrogen (secondary N) is 1. The molecule has 0 spiro atoms. The molecule has 2 aliphatic heterocycles. The van der Waals surface area contributed by atoms with Crippen LogP contribution in [0.2, 0.25) is 0 Å². The standard InChI is InChI=1S/C13H18N2/c1-8-4-2-3-5-9(8)12-10-6-7-11(15-10)13(12)14/h2-5,10-13,15H,6-7,14H2,1H3. The minimum atomic E-state index is 0.310. The Kier molecular flexibility index (Phi) is 2.08. The van der Waals surface area contributed by atoms with Gasteiger partial charge in [-0.3, -0.25) is 0 Å². The van der Waals surface area contributed by atoms with Gasteiger partial charge in [0.25, 0.3) is 0 Å². The third kappa shape index (κ3) is 1.32. The molecular formula is C13H18N2. The van der Waals surface area contributed by atoms with Gasteiger partial charge < -0.3 is 11.1 Å². The second-order valence-corrected chi connectivity index (χ2v) is 4.92. The van der Waals surface area contributed by atoms with Crippen molar-refractivity contribution in [3.05, 3.63) is 35.4 Å². The average Bonchev–Trinajstić information content (AvgIpc) is 2.80. The molecule has 4 atom stereocenters. The first-order valence-corrected chi connectivity index (χ1v) is 5.84. The predicted octanol–water partition coefficient (Wildman–Crippen LogP) is 1.54. The molecule has 0 aliphatic carbocycles. The van der Waals surface area contributed by atoms with Crippen molar-refractivity contribution in [1.82, 2.24) is 5.32 Å². The lowest BCUT2D eigenvalue weighted by atomic mass is 9.79. The summed E-state index contributed by atoms with van der Waals surface area (Å²) in [6.07, 6.45) is 2.55. The number of fused-ring (bicyclic) bond motifs is 2. The molecule has 2 heterocycles. The molecule has 0 radical (unpaired) electrons. The molecule has 80 valence electrons. The van der Waals surface area contributed by atoms with Gasteiger partial charge in [-0.2, -0.15) is 0 Å². The van der Waals surface area contributed by atoms with Gasteiger partial charge in [-0.15, -0.1) is 0 Å². The predicted molar refractivity (Wildman–Crippen MR) is 61.8 cm³/mol. The van der Waals surface area contributed by atoms with E-state index in [-0.39, 0.29) is 0 Å². The van der Waals surface area contributed by atoms with Crippen LogP contribution in [0.15, 0.2) is 24.3 Å². The van der Waals surface area contributed by atoms with Crippen molar-refractivity contribution in [2.45, 2.75) is 43.8 Å². The van der Waals surface area contributed by atoms with Crippen molar-refractivity contribution >= 4 is 0 Å². The first-order valence-electron chi connectivity index (χ1n) is 5.84. The molecule has 2 nitrogen and oxygen atoms in total. The van der Waals surface area contributed by atoms with Crippen LogP contribution in [0, 0.1) is 6.92 Å². The molecule has 2 heteroatoms. The maximum absolute atomic E-state index is 6.30. The molecule has 2 aliphatic rings. The lowest BCUT2D eigenvalue weighted by Gasteiger charge is -2.27. The van der Waals surface area contributed by atoms with Crippen LogP contribution in [-0.4, -0.2) is 18.1 Å². The fourth-order valence-electron chi connectivity index (χ4n) is 3.29. The Balaban J connectivity index is 1.98. The Hall–Kier alpha value is -0.860. The fraction of sp³-hybridized carbons (Fsp3) is 0.538. The summed E-state index contributed by atoms with van der Waals surface area (Å²) in [7, 11) is 0. The molecule has 2 bridgehead atoms. The van der Waals surface area contributed by atoms with E-state index >= 15 is 0 Å². The summed E-state index contributed by atoms with van der Waals surface area (Å²) < 4.78 is 0. The Labute approximate surface area is 90.9 Å². The van der Waals surface area contributed by atoms with Crippen molar-refractivity contribution < 1.29 is 0 Å². The molecule has 1 aromatic rings. The van der Waals surface area contributed by atoms with E-state index in [9.17, 15) is 0 Å². The highest BCUT2D eigenvalue weighted by molar-refractivity contribution is 5.34. The summed E-state index contributed by atoms with van der Waals surface area (Å²) in [4.78, 5) is 0. The SMILES string of the molecule is Cc1ccccc1C1C2CCC(N2)C1N. The van der Waals surface area contributed by atoms with E-state index in [1.165, 1.54) is 24.0 Å². The summed E-state index contributed by atoms with van der Waals surface area (Å²) in [6, 6.07) is 10.1. The Morgan fingerprint density at radius 3 is 2.60 bits per heavy atom. The molecular weight excluding hydrogens is 184 g/mol. The van der Waals surface area contributed by atoms with Gasteiger partial charge in [0, 0.05) is 24.0 Å². The zero-order valence-corrected chi connectivity index (χ0v) is 9.11. The second kappa shape index (κ2) is 3.32.